The van der Waals surface area contributed by atoms with Crippen LogP contribution in [0.4, 0.5) is 10.1 Å². The molecule has 0 amide bonds. The van der Waals surface area contributed by atoms with Crippen LogP contribution in [0.5, 0.6) is 0 Å². The molecule has 56 valence electrons. The lowest BCUT2D eigenvalue weighted by molar-refractivity contribution is 0.631. The quantitative estimate of drug-likeness (QED) is 0.491. The van der Waals surface area contributed by atoms with E-state index in [1.165, 1.54) is 6.07 Å². The lowest BCUT2D eigenvalue weighted by Gasteiger charge is -1.99. The van der Waals surface area contributed by atoms with Crippen molar-refractivity contribution in [2.45, 2.75) is 6.92 Å². The van der Waals surface area contributed by atoms with Crippen LogP contribution in [-0.4, -0.2) is 0 Å². The molecular formula is C8H7FN2. The van der Waals surface area contributed by atoms with E-state index < -0.39 is 5.82 Å². The van der Waals surface area contributed by atoms with Crippen molar-refractivity contribution < 1.29 is 4.39 Å². The van der Waals surface area contributed by atoms with Gasteiger partial charge in [-0.05, 0) is 24.6 Å². The summed E-state index contributed by atoms with van der Waals surface area (Å²) >= 11 is 0. The molecule has 0 saturated carbocycles. The second-order valence-electron chi connectivity index (χ2n) is 2.22. The van der Waals surface area contributed by atoms with Gasteiger partial charge in [-0.2, -0.15) is 5.26 Å². The number of rotatable bonds is 1. The molecule has 1 aromatic carbocycles. The summed E-state index contributed by atoms with van der Waals surface area (Å²) < 4.78 is 12.7. The second-order valence-corrected chi connectivity index (χ2v) is 2.22. The summed E-state index contributed by atoms with van der Waals surface area (Å²) in [5.41, 5.74) is 1.15. The Labute approximate surface area is 64.3 Å². The first-order valence-corrected chi connectivity index (χ1v) is 3.15. The summed E-state index contributed by atoms with van der Waals surface area (Å²) in [4.78, 5) is 0. The van der Waals surface area contributed by atoms with E-state index in [2.05, 4.69) is 5.32 Å². The Kier molecular flexibility index (Phi) is 2.07. The van der Waals surface area contributed by atoms with Crippen LogP contribution < -0.4 is 5.32 Å². The van der Waals surface area contributed by atoms with Crippen molar-refractivity contribution in [2.24, 2.45) is 0 Å². The minimum Gasteiger partial charge on any atom is -0.290 e. The summed E-state index contributed by atoms with van der Waals surface area (Å²) in [6.07, 6.45) is 1.66. The lowest BCUT2D eigenvalue weighted by atomic mass is 10.2. The highest BCUT2D eigenvalue weighted by Gasteiger charge is 1.98. The molecule has 0 saturated heterocycles. The number of nitriles is 1. The number of nitrogens with one attached hydrogen (secondary N) is 1. The van der Waals surface area contributed by atoms with Crippen LogP contribution in [0.25, 0.3) is 0 Å². The Morgan fingerprint density at radius 1 is 1.55 bits per heavy atom. The fourth-order valence-corrected chi connectivity index (χ4v) is 0.795. The molecule has 1 rings (SSSR count). The number of nitrogens with zero attached hydrogens (tertiary/aromatic N) is 1. The highest BCUT2D eigenvalue weighted by Crippen LogP contribution is 2.14. The lowest BCUT2D eigenvalue weighted by Crippen LogP contribution is -1.91. The van der Waals surface area contributed by atoms with Crippen LogP contribution in [0.3, 0.4) is 0 Å². The highest BCUT2D eigenvalue weighted by molar-refractivity contribution is 5.49. The minimum atomic E-state index is -0.405. The average molecular weight is 150 g/mol. The fraction of sp³-hybridized carbons (Fsp3) is 0.125. The molecule has 0 aliphatic carbocycles. The van der Waals surface area contributed by atoms with Gasteiger partial charge in [-0.25, -0.2) is 4.39 Å². The van der Waals surface area contributed by atoms with E-state index in [1.54, 1.807) is 18.3 Å². The first-order valence-electron chi connectivity index (χ1n) is 3.15. The van der Waals surface area contributed by atoms with Gasteiger partial charge >= 0.3 is 0 Å². The molecule has 0 bridgehead atoms. The highest BCUT2D eigenvalue weighted by atomic mass is 19.1. The third-order valence-corrected chi connectivity index (χ3v) is 1.31. The van der Waals surface area contributed by atoms with Crippen LogP contribution in [0.15, 0.2) is 18.2 Å². The van der Waals surface area contributed by atoms with E-state index in [1.807, 2.05) is 6.92 Å². The van der Waals surface area contributed by atoms with Gasteiger partial charge in [-0.1, -0.05) is 6.07 Å². The Hall–Kier alpha value is -1.56. The summed E-state index contributed by atoms with van der Waals surface area (Å²) in [5, 5.41) is 10.5. The number of hydrogen-bond donors (Lipinski definition) is 1. The molecule has 0 spiro atoms. The van der Waals surface area contributed by atoms with Crippen molar-refractivity contribution >= 4 is 5.69 Å². The molecule has 1 aromatic rings. The molecule has 0 aliphatic heterocycles. The molecular weight excluding hydrogens is 143 g/mol. The number of aryl methyl sites for hydroxylation is 1. The van der Waals surface area contributed by atoms with Crippen molar-refractivity contribution in [3.63, 3.8) is 0 Å². The predicted molar refractivity (Wildman–Crippen MR) is 40.4 cm³/mol. The van der Waals surface area contributed by atoms with Gasteiger partial charge in [0.25, 0.3) is 0 Å². The largest absolute Gasteiger partial charge is 0.290 e. The zero-order valence-corrected chi connectivity index (χ0v) is 6.06. The van der Waals surface area contributed by atoms with Crippen molar-refractivity contribution in [2.75, 3.05) is 5.32 Å². The Balaban J connectivity index is 3.05. The van der Waals surface area contributed by atoms with Crippen molar-refractivity contribution in [1.82, 2.24) is 0 Å². The monoisotopic (exact) mass is 150 g/mol. The Bertz CT molecular complexity index is 301. The average Bonchev–Trinajstić information content (AvgIpc) is 1.98. The Morgan fingerprint density at radius 3 is 2.91 bits per heavy atom. The second kappa shape index (κ2) is 3.02. The van der Waals surface area contributed by atoms with Crippen LogP contribution in [-0.2, 0) is 0 Å². The maximum Gasteiger partial charge on any atom is 0.181 e. The summed E-state index contributed by atoms with van der Waals surface area (Å²) in [6, 6.07) is 4.56. The van der Waals surface area contributed by atoms with E-state index in [0.717, 1.165) is 5.56 Å². The van der Waals surface area contributed by atoms with E-state index in [4.69, 9.17) is 5.26 Å². The molecule has 11 heavy (non-hydrogen) atoms. The maximum atomic E-state index is 12.7. The van der Waals surface area contributed by atoms with E-state index >= 15 is 0 Å². The zero-order valence-electron chi connectivity index (χ0n) is 6.06. The van der Waals surface area contributed by atoms with E-state index in [-0.39, 0.29) is 5.69 Å². The zero-order chi connectivity index (χ0) is 8.27. The SMILES string of the molecule is Cc1ccc(F)c(NC#N)c1. The van der Waals surface area contributed by atoms with Crippen LogP contribution in [0.1, 0.15) is 5.56 Å². The van der Waals surface area contributed by atoms with Crippen LogP contribution in [0.2, 0.25) is 0 Å². The van der Waals surface area contributed by atoms with Crippen molar-refractivity contribution in [3.8, 4) is 6.19 Å². The predicted octanol–water partition coefficient (Wildman–Crippen LogP) is 2.03. The maximum absolute atomic E-state index is 12.7. The van der Waals surface area contributed by atoms with Gasteiger partial charge in [0.2, 0.25) is 0 Å². The summed E-state index contributed by atoms with van der Waals surface area (Å²) in [6.45, 7) is 1.84. The van der Waals surface area contributed by atoms with Gasteiger partial charge < -0.3 is 0 Å². The van der Waals surface area contributed by atoms with Gasteiger partial charge in [-0.15, -0.1) is 0 Å². The third kappa shape index (κ3) is 1.68. The molecule has 1 N–H and O–H groups in total. The van der Waals surface area contributed by atoms with Crippen molar-refractivity contribution in [1.29, 1.82) is 5.26 Å². The molecule has 2 nitrogen and oxygen atoms in total. The third-order valence-electron chi connectivity index (χ3n) is 1.31. The van der Waals surface area contributed by atoms with Crippen LogP contribution in [0, 0.1) is 24.2 Å². The molecule has 0 aliphatic rings. The standard InChI is InChI=1S/C8H7FN2/c1-6-2-3-7(9)8(4-6)11-5-10/h2-4,11H,1H3. The van der Waals surface area contributed by atoms with Gasteiger partial charge in [0, 0.05) is 0 Å². The summed E-state index contributed by atoms with van der Waals surface area (Å²) in [5.74, 6) is -0.405. The number of anilines is 1. The molecule has 0 fully saturated rings. The van der Waals surface area contributed by atoms with Gasteiger partial charge in [0.05, 0.1) is 5.69 Å². The van der Waals surface area contributed by atoms with E-state index in [0.29, 0.717) is 0 Å². The molecule has 0 aromatic heterocycles. The molecule has 3 heteroatoms. The number of halogens is 1. The Morgan fingerprint density at radius 2 is 2.27 bits per heavy atom. The van der Waals surface area contributed by atoms with Crippen molar-refractivity contribution in [3.05, 3.63) is 29.6 Å². The van der Waals surface area contributed by atoms with Gasteiger partial charge in [0.15, 0.2) is 6.19 Å². The molecule has 0 radical (unpaired) electrons. The number of hydrogen-bond acceptors (Lipinski definition) is 2. The topological polar surface area (TPSA) is 35.8 Å². The van der Waals surface area contributed by atoms with Crippen LogP contribution >= 0.6 is 0 Å². The normalized spacial score (nSPS) is 8.82. The molecule has 0 unspecified atom stereocenters. The number of benzene rings is 1. The van der Waals surface area contributed by atoms with Gasteiger partial charge in [0.1, 0.15) is 5.82 Å². The smallest absolute Gasteiger partial charge is 0.181 e. The van der Waals surface area contributed by atoms with Gasteiger partial charge in [-0.3, -0.25) is 5.32 Å². The molecule has 0 atom stereocenters. The summed E-state index contributed by atoms with van der Waals surface area (Å²) in [7, 11) is 0. The molecule has 0 heterocycles. The first-order chi connectivity index (χ1) is 5.24. The fourth-order valence-electron chi connectivity index (χ4n) is 0.795. The first kappa shape index (κ1) is 7.55. The minimum absolute atomic E-state index is 0.229. The van der Waals surface area contributed by atoms with E-state index in [9.17, 15) is 4.39 Å².